The van der Waals surface area contributed by atoms with Crippen molar-refractivity contribution in [2.45, 2.75) is 19.8 Å². The van der Waals surface area contributed by atoms with Gasteiger partial charge in [-0.1, -0.05) is 44.2 Å². The summed E-state index contributed by atoms with van der Waals surface area (Å²) in [4.78, 5) is 16.0. The second-order valence-corrected chi connectivity index (χ2v) is 5.09. The molecule has 0 spiro atoms. The number of aromatic carboxylic acids is 1. The third-order valence-corrected chi connectivity index (χ3v) is 3.72. The van der Waals surface area contributed by atoms with Crippen LogP contribution in [0.4, 0.5) is 0 Å². The van der Waals surface area contributed by atoms with Gasteiger partial charge in [-0.25, -0.2) is 9.78 Å². The Balaban J connectivity index is 2.56. The minimum Gasteiger partial charge on any atom is -0.477 e. The lowest BCUT2D eigenvalue weighted by molar-refractivity contribution is 0.0702. The van der Waals surface area contributed by atoms with Gasteiger partial charge in [-0.15, -0.1) is 11.3 Å². The molecule has 0 atom stereocenters. The first-order valence-corrected chi connectivity index (χ1v) is 6.20. The van der Waals surface area contributed by atoms with Crippen LogP contribution in [0.5, 0.6) is 0 Å². The fourth-order valence-electron chi connectivity index (χ4n) is 1.52. The van der Waals surface area contributed by atoms with Gasteiger partial charge in [0.1, 0.15) is 4.88 Å². The summed E-state index contributed by atoms with van der Waals surface area (Å²) in [6.45, 7) is 4.03. The van der Waals surface area contributed by atoms with E-state index in [2.05, 4.69) is 4.98 Å². The van der Waals surface area contributed by atoms with E-state index in [1.54, 1.807) is 0 Å². The SMILES string of the molecule is CC(C)c1nc(-c2ccccc2)c(C(=O)O)s1. The average molecular weight is 247 g/mol. The molecule has 0 bridgehead atoms. The number of nitrogens with zero attached hydrogens (tertiary/aromatic N) is 1. The van der Waals surface area contributed by atoms with Crippen LogP contribution >= 0.6 is 11.3 Å². The van der Waals surface area contributed by atoms with Crippen LogP contribution in [0.25, 0.3) is 11.3 Å². The normalized spacial score (nSPS) is 10.8. The topological polar surface area (TPSA) is 50.2 Å². The highest BCUT2D eigenvalue weighted by Gasteiger charge is 2.19. The lowest BCUT2D eigenvalue weighted by Gasteiger charge is -1.98. The van der Waals surface area contributed by atoms with E-state index in [1.165, 1.54) is 11.3 Å². The zero-order valence-electron chi connectivity index (χ0n) is 9.68. The molecule has 0 aliphatic heterocycles. The summed E-state index contributed by atoms with van der Waals surface area (Å²) >= 11 is 1.26. The molecule has 1 aromatic carbocycles. The van der Waals surface area contributed by atoms with E-state index in [4.69, 9.17) is 0 Å². The summed E-state index contributed by atoms with van der Waals surface area (Å²) in [6.07, 6.45) is 0. The molecule has 88 valence electrons. The number of hydrogen-bond donors (Lipinski definition) is 1. The average Bonchev–Trinajstić information content (AvgIpc) is 2.75. The van der Waals surface area contributed by atoms with Gasteiger partial charge in [-0.05, 0) is 0 Å². The van der Waals surface area contributed by atoms with E-state index in [-0.39, 0.29) is 5.92 Å². The summed E-state index contributed by atoms with van der Waals surface area (Å²) in [5.74, 6) is -0.663. The van der Waals surface area contributed by atoms with Crippen molar-refractivity contribution in [2.24, 2.45) is 0 Å². The summed E-state index contributed by atoms with van der Waals surface area (Å²) in [5.41, 5.74) is 1.43. The fourth-order valence-corrected chi connectivity index (χ4v) is 2.45. The van der Waals surface area contributed by atoms with Crippen molar-refractivity contribution in [1.29, 1.82) is 0 Å². The van der Waals surface area contributed by atoms with Crippen molar-refractivity contribution in [2.75, 3.05) is 0 Å². The summed E-state index contributed by atoms with van der Waals surface area (Å²) < 4.78 is 0. The Morgan fingerprint density at radius 1 is 1.29 bits per heavy atom. The quantitative estimate of drug-likeness (QED) is 0.901. The Hall–Kier alpha value is -1.68. The van der Waals surface area contributed by atoms with E-state index in [9.17, 15) is 9.90 Å². The number of carboxylic acid groups (broad SMARTS) is 1. The maximum atomic E-state index is 11.2. The van der Waals surface area contributed by atoms with Gasteiger partial charge < -0.3 is 5.11 Å². The van der Waals surface area contributed by atoms with Gasteiger partial charge in [0.05, 0.1) is 10.7 Å². The Bertz CT molecular complexity index is 532. The third-order valence-electron chi connectivity index (χ3n) is 2.38. The van der Waals surface area contributed by atoms with Gasteiger partial charge in [0, 0.05) is 11.5 Å². The number of benzene rings is 1. The van der Waals surface area contributed by atoms with Gasteiger partial charge in [0.25, 0.3) is 0 Å². The van der Waals surface area contributed by atoms with Crippen LogP contribution in [0.3, 0.4) is 0 Å². The van der Waals surface area contributed by atoms with Gasteiger partial charge in [0.2, 0.25) is 0 Å². The van der Waals surface area contributed by atoms with E-state index < -0.39 is 5.97 Å². The molecule has 3 nitrogen and oxygen atoms in total. The molecule has 17 heavy (non-hydrogen) atoms. The smallest absolute Gasteiger partial charge is 0.348 e. The molecule has 0 radical (unpaired) electrons. The molecule has 4 heteroatoms. The third kappa shape index (κ3) is 2.36. The van der Waals surface area contributed by atoms with Crippen LogP contribution in [-0.4, -0.2) is 16.1 Å². The number of rotatable bonds is 3. The van der Waals surface area contributed by atoms with E-state index in [0.717, 1.165) is 10.6 Å². The number of carboxylic acids is 1. The van der Waals surface area contributed by atoms with Gasteiger partial charge in [-0.3, -0.25) is 0 Å². The lowest BCUT2D eigenvalue weighted by atomic mass is 10.1. The molecule has 0 aliphatic carbocycles. The molecule has 1 N–H and O–H groups in total. The van der Waals surface area contributed by atoms with E-state index in [0.29, 0.717) is 10.6 Å². The molecule has 0 amide bonds. The van der Waals surface area contributed by atoms with Crippen LogP contribution in [0, 0.1) is 0 Å². The van der Waals surface area contributed by atoms with Crippen LogP contribution in [0.15, 0.2) is 30.3 Å². The zero-order chi connectivity index (χ0) is 12.4. The molecule has 1 aromatic heterocycles. The van der Waals surface area contributed by atoms with Gasteiger partial charge in [-0.2, -0.15) is 0 Å². The van der Waals surface area contributed by atoms with Crippen molar-refractivity contribution in [3.8, 4) is 11.3 Å². The van der Waals surface area contributed by atoms with Crippen LogP contribution in [0.1, 0.15) is 34.4 Å². The molecular formula is C13H13NO2S. The maximum Gasteiger partial charge on any atom is 0.348 e. The number of aromatic nitrogens is 1. The highest BCUT2D eigenvalue weighted by molar-refractivity contribution is 7.14. The Morgan fingerprint density at radius 3 is 2.47 bits per heavy atom. The van der Waals surface area contributed by atoms with Crippen molar-refractivity contribution in [3.63, 3.8) is 0 Å². The van der Waals surface area contributed by atoms with Gasteiger partial charge in [0.15, 0.2) is 0 Å². The highest BCUT2D eigenvalue weighted by Crippen LogP contribution is 2.31. The summed E-state index contributed by atoms with van der Waals surface area (Å²) in [7, 11) is 0. The Kier molecular flexibility index (Phi) is 3.24. The molecule has 0 saturated heterocycles. The number of hydrogen-bond acceptors (Lipinski definition) is 3. The Morgan fingerprint density at radius 2 is 1.94 bits per heavy atom. The number of thiazole rings is 1. The van der Waals surface area contributed by atoms with Crippen LogP contribution in [0.2, 0.25) is 0 Å². The standard InChI is InChI=1S/C13H13NO2S/c1-8(2)12-14-10(11(17-12)13(15)16)9-6-4-3-5-7-9/h3-8H,1-2H3,(H,15,16). The van der Waals surface area contributed by atoms with Crippen molar-refractivity contribution >= 4 is 17.3 Å². The van der Waals surface area contributed by atoms with Crippen molar-refractivity contribution in [3.05, 3.63) is 40.2 Å². The first-order chi connectivity index (χ1) is 8.09. The predicted octanol–water partition coefficient (Wildman–Crippen LogP) is 3.63. The largest absolute Gasteiger partial charge is 0.477 e. The van der Waals surface area contributed by atoms with Crippen LogP contribution in [-0.2, 0) is 0 Å². The first-order valence-electron chi connectivity index (χ1n) is 5.39. The fraction of sp³-hybridized carbons (Fsp3) is 0.231. The lowest BCUT2D eigenvalue weighted by Crippen LogP contribution is -1.95. The minimum absolute atomic E-state index is 0.246. The maximum absolute atomic E-state index is 11.2. The second-order valence-electron chi connectivity index (χ2n) is 4.06. The molecule has 0 fully saturated rings. The summed E-state index contributed by atoms with van der Waals surface area (Å²) in [5, 5.41) is 10.1. The minimum atomic E-state index is -0.909. The molecule has 2 aromatic rings. The Labute approximate surface area is 104 Å². The monoisotopic (exact) mass is 247 g/mol. The zero-order valence-corrected chi connectivity index (χ0v) is 10.5. The molecule has 1 heterocycles. The molecular weight excluding hydrogens is 234 g/mol. The van der Waals surface area contributed by atoms with Crippen molar-refractivity contribution < 1.29 is 9.90 Å². The first kappa shape index (κ1) is 11.8. The van der Waals surface area contributed by atoms with Crippen molar-refractivity contribution in [1.82, 2.24) is 4.98 Å². The van der Waals surface area contributed by atoms with Gasteiger partial charge >= 0.3 is 5.97 Å². The molecule has 0 aliphatic rings. The van der Waals surface area contributed by atoms with Crippen LogP contribution < -0.4 is 0 Å². The highest BCUT2D eigenvalue weighted by atomic mass is 32.1. The summed E-state index contributed by atoms with van der Waals surface area (Å²) in [6, 6.07) is 9.43. The predicted molar refractivity (Wildman–Crippen MR) is 68.6 cm³/mol. The number of carbonyl (C=O) groups is 1. The van der Waals surface area contributed by atoms with E-state index in [1.807, 2.05) is 44.2 Å². The second kappa shape index (κ2) is 4.67. The van der Waals surface area contributed by atoms with E-state index >= 15 is 0 Å². The molecule has 0 saturated carbocycles. The molecule has 2 rings (SSSR count). The molecule has 0 unspecified atom stereocenters.